The Hall–Kier alpha value is -2.22. The van der Waals surface area contributed by atoms with Crippen LogP contribution in [0.3, 0.4) is 0 Å². The Morgan fingerprint density at radius 1 is 0.818 bits per heavy atom. The highest BCUT2D eigenvalue weighted by Crippen LogP contribution is 2.32. The summed E-state index contributed by atoms with van der Waals surface area (Å²) < 4.78 is 0. The van der Waals surface area contributed by atoms with Crippen LogP contribution in [-0.4, -0.2) is 16.3 Å². The van der Waals surface area contributed by atoms with Gasteiger partial charge in [0.25, 0.3) is 0 Å². The summed E-state index contributed by atoms with van der Waals surface area (Å²) in [6.45, 7) is 4.30. The first-order valence-corrected chi connectivity index (χ1v) is 8.17. The fourth-order valence-corrected chi connectivity index (χ4v) is 3.00. The number of rotatable bonds is 6. The molecule has 22 heavy (non-hydrogen) atoms. The van der Waals surface area contributed by atoms with Gasteiger partial charge in [0.1, 0.15) is 6.17 Å². The van der Waals surface area contributed by atoms with Crippen LogP contribution in [0.25, 0.3) is 0 Å². The Kier molecular flexibility index (Phi) is 4.79. The van der Waals surface area contributed by atoms with Gasteiger partial charge in [-0.3, -0.25) is 0 Å². The molecule has 0 N–H and O–H groups in total. The molecule has 0 saturated heterocycles. The van der Waals surface area contributed by atoms with Gasteiger partial charge in [0.15, 0.2) is 0 Å². The Labute approximate surface area is 133 Å². The van der Waals surface area contributed by atoms with Crippen molar-refractivity contribution in [1.82, 2.24) is 9.80 Å². The van der Waals surface area contributed by atoms with Crippen LogP contribution in [0.1, 0.15) is 37.1 Å². The van der Waals surface area contributed by atoms with Gasteiger partial charge in [0.05, 0.1) is 0 Å². The van der Waals surface area contributed by atoms with Crippen molar-refractivity contribution >= 4 is 0 Å². The maximum Gasteiger partial charge on any atom is 0.127 e. The molecule has 1 aliphatic heterocycles. The van der Waals surface area contributed by atoms with Crippen molar-refractivity contribution in [2.45, 2.75) is 32.5 Å². The fraction of sp³-hybridized carbons (Fsp3) is 0.300. The van der Waals surface area contributed by atoms with Gasteiger partial charge < -0.3 is 9.80 Å². The molecule has 1 heterocycles. The molecule has 2 aromatic carbocycles. The standard InChI is InChI=1S/C20H24N2/c1-2-3-14-21-15-16-22(17-18-10-6-4-7-11-18)20(21)19-12-8-5-9-13-19/h4-13,15-16,20H,2-3,14,17H2,1H3. The smallest absolute Gasteiger partial charge is 0.127 e. The van der Waals surface area contributed by atoms with Crippen LogP contribution >= 0.6 is 0 Å². The highest BCUT2D eigenvalue weighted by atomic mass is 15.4. The van der Waals surface area contributed by atoms with Crippen LogP contribution in [0.4, 0.5) is 0 Å². The lowest BCUT2D eigenvalue weighted by molar-refractivity contribution is 0.147. The second-order valence-corrected chi connectivity index (χ2v) is 5.83. The molecule has 2 heteroatoms. The predicted molar refractivity (Wildman–Crippen MR) is 91.9 cm³/mol. The largest absolute Gasteiger partial charge is 0.352 e. The zero-order chi connectivity index (χ0) is 15.2. The maximum absolute atomic E-state index is 2.46. The molecule has 0 aromatic heterocycles. The highest BCUT2D eigenvalue weighted by Gasteiger charge is 2.27. The quantitative estimate of drug-likeness (QED) is 0.756. The zero-order valence-corrected chi connectivity index (χ0v) is 13.2. The molecule has 0 aliphatic carbocycles. The fourth-order valence-electron chi connectivity index (χ4n) is 3.00. The number of nitrogens with zero attached hydrogens (tertiary/aromatic N) is 2. The van der Waals surface area contributed by atoms with Gasteiger partial charge >= 0.3 is 0 Å². The summed E-state index contributed by atoms with van der Waals surface area (Å²) in [7, 11) is 0. The summed E-state index contributed by atoms with van der Waals surface area (Å²) in [4.78, 5) is 4.89. The molecule has 0 bridgehead atoms. The Balaban J connectivity index is 1.80. The summed E-state index contributed by atoms with van der Waals surface area (Å²) in [6.07, 6.45) is 7.25. The van der Waals surface area contributed by atoms with Crippen molar-refractivity contribution in [2.75, 3.05) is 6.54 Å². The van der Waals surface area contributed by atoms with E-state index in [9.17, 15) is 0 Å². The van der Waals surface area contributed by atoms with Crippen LogP contribution in [0, 0.1) is 0 Å². The van der Waals surface area contributed by atoms with Gasteiger partial charge in [-0.1, -0.05) is 74.0 Å². The van der Waals surface area contributed by atoms with Crippen molar-refractivity contribution in [3.8, 4) is 0 Å². The van der Waals surface area contributed by atoms with E-state index in [-0.39, 0.29) is 0 Å². The minimum Gasteiger partial charge on any atom is -0.352 e. The summed E-state index contributed by atoms with van der Waals surface area (Å²) in [5, 5.41) is 0. The molecule has 1 atom stereocenters. The molecule has 1 aliphatic rings. The van der Waals surface area contributed by atoms with E-state index in [1.165, 1.54) is 24.0 Å². The van der Waals surface area contributed by atoms with Crippen molar-refractivity contribution < 1.29 is 0 Å². The van der Waals surface area contributed by atoms with E-state index in [4.69, 9.17) is 0 Å². The van der Waals surface area contributed by atoms with Crippen molar-refractivity contribution in [3.05, 3.63) is 84.2 Å². The minimum absolute atomic E-state index is 0.313. The molecule has 0 spiro atoms. The van der Waals surface area contributed by atoms with Gasteiger partial charge in [-0.2, -0.15) is 0 Å². The SMILES string of the molecule is CCCCN1C=CN(Cc2ccccc2)C1c1ccccc1. The summed E-state index contributed by atoms with van der Waals surface area (Å²) in [5.74, 6) is 0. The average molecular weight is 292 g/mol. The van der Waals surface area contributed by atoms with E-state index in [1.54, 1.807) is 0 Å². The van der Waals surface area contributed by atoms with E-state index in [1.807, 2.05) is 0 Å². The highest BCUT2D eigenvalue weighted by molar-refractivity contribution is 5.23. The van der Waals surface area contributed by atoms with Crippen LogP contribution in [-0.2, 0) is 6.54 Å². The van der Waals surface area contributed by atoms with Gasteiger partial charge in [-0.05, 0) is 17.5 Å². The maximum atomic E-state index is 2.46. The molecule has 3 rings (SSSR count). The summed E-state index contributed by atoms with van der Waals surface area (Å²) >= 11 is 0. The third-order valence-electron chi connectivity index (χ3n) is 4.15. The van der Waals surface area contributed by atoms with Gasteiger partial charge in [0.2, 0.25) is 0 Å². The Morgan fingerprint density at radius 3 is 2.14 bits per heavy atom. The Bertz CT molecular complexity index is 592. The molecule has 0 amide bonds. The summed E-state index contributed by atoms with van der Waals surface area (Å²) in [6, 6.07) is 21.5. The van der Waals surface area contributed by atoms with E-state index in [2.05, 4.69) is 89.8 Å². The number of hydrogen-bond acceptors (Lipinski definition) is 2. The number of unbranched alkanes of at least 4 members (excludes halogenated alkanes) is 1. The minimum atomic E-state index is 0.313. The number of benzene rings is 2. The molecule has 114 valence electrons. The van der Waals surface area contributed by atoms with Crippen LogP contribution < -0.4 is 0 Å². The van der Waals surface area contributed by atoms with Crippen LogP contribution in [0.2, 0.25) is 0 Å². The van der Waals surface area contributed by atoms with E-state index >= 15 is 0 Å². The third-order valence-corrected chi connectivity index (χ3v) is 4.15. The molecule has 0 fully saturated rings. The third kappa shape index (κ3) is 3.33. The van der Waals surface area contributed by atoms with Gasteiger partial charge in [0, 0.05) is 25.5 Å². The molecule has 1 unspecified atom stereocenters. The number of hydrogen-bond donors (Lipinski definition) is 0. The lowest BCUT2D eigenvalue weighted by atomic mass is 10.1. The van der Waals surface area contributed by atoms with Crippen LogP contribution in [0.5, 0.6) is 0 Å². The monoisotopic (exact) mass is 292 g/mol. The lowest BCUT2D eigenvalue weighted by Crippen LogP contribution is -2.31. The molecule has 2 aromatic rings. The van der Waals surface area contributed by atoms with Crippen molar-refractivity contribution in [3.63, 3.8) is 0 Å². The predicted octanol–water partition coefficient (Wildman–Crippen LogP) is 4.77. The van der Waals surface area contributed by atoms with E-state index < -0.39 is 0 Å². The first-order chi connectivity index (χ1) is 10.9. The molecular formula is C20H24N2. The van der Waals surface area contributed by atoms with E-state index in [0.29, 0.717) is 6.17 Å². The second-order valence-electron chi connectivity index (χ2n) is 5.83. The molecule has 0 radical (unpaired) electrons. The zero-order valence-electron chi connectivity index (χ0n) is 13.2. The Morgan fingerprint density at radius 2 is 1.45 bits per heavy atom. The molecule has 2 nitrogen and oxygen atoms in total. The average Bonchev–Trinajstić information content (AvgIpc) is 2.97. The van der Waals surface area contributed by atoms with Crippen LogP contribution in [0.15, 0.2) is 73.1 Å². The molecular weight excluding hydrogens is 268 g/mol. The molecule has 0 saturated carbocycles. The van der Waals surface area contributed by atoms with Gasteiger partial charge in [-0.25, -0.2) is 0 Å². The lowest BCUT2D eigenvalue weighted by Gasteiger charge is -2.33. The van der Waals surface area contributed by atoms with Crippen molar-refractivity contribution in [1.29, 1.82) is 0 Å². The normalized spacial score (nSPS) is 17.2. The first kappa shape index (κ1) is 14.7. The van der Waals surface area contributed by atoms with E-state index in [0.717, 1.165) is 13.1 Å². The second kappa shape index (κ2) is 7.17. The topological polar surface area (TPSA) is 6.48 Å². The van der Waals surface area contributed by atoms with Crippen molar-refractivity contribution in [2.24, 2.45) is 0 Å². The first-order valence-electron chi connectivity index (χ1n) is 8.17. The van der Waals surface area contributed by atoms with Gasteiger partial charge in [-0.15, -0.1) is 0 Å². The summed E-state index contributed by atoms with van der Waals surface area (Å²) in [5.41, 5.74) is 2.71.